The van der Waals surface area contributed by atoms with Crippen LogP contribution in [-0.2, 0) is 4.74 Å². The van der Waals surface area contributed by atoms with Crippen LogP contribution in [-0.4, -0.2) is 17.3 Å². The highest BCUT2D eigenvalue weighted by atomic mass is 16.5. The number of hydrogen-bond donors (Lipinski definition) is 1. The molecule has 0 aliphatic carbocycles. The molecule has 84 valence electrons. The van der Waals surface area contributed by atoms with E-state index in [1.54, 1.807) is 19.2 Å². The molecular weight excluding hydrogens is 206 g/mol. The Morgan fingerprint density at radius 3 is 2.62 bits per heavy atom. The first-order chi connectivity index (χ1) is 7.70. The molecule has 0 spiro atoms. The molecule has 0 amide bonds. The third-order valence-electron chi connectivity index (χ3n) is 2.31. The molecular formula is C11H13N3O2. The summed E-state index contributed by atoms with van der Waals surface area (Å²) < 4.78 is 10.2. The first-order valence-electron chi connectivity index (χ1n) is 4.93. The Labute approximate surface area is 93.2 Å². The minimum atomic E-state index is -0.199. The summed E-state index contributed by atoms with van der Waals surface area (Å²) in [6.45, 7) is 1.85. The van der Waals surface area contributed by atoms with Crippen LogP contribution >= 0.6 is 0 Å². The number of nitrogens with two attached hydrogens (primary N) is 1. The molecule has 0 radical (unpaired) electrons. The molecule has 1 unspecified atom stereocenters. The summed E-state index contributed by atoms with van der Waals surface area (Å²) in [5.41, 5.74) is 7.17. The number of benzene rings is 1. The number of nitrogen functional groups attached to an aromatic ring is 1. The molecule has 0 saturated heterocycles. The summed E-state index contributed by atoms with van der Waals surface area (Å²) in [4.78, 5) is 4.24. The molecule has 0 aliphatic rings. The molecule has 1 heterocycles. The van der Waals surface area contributed by atoms with Crippen LogP contribution in [0, 0.1) is 0 Å². The molecule has 2 N–H and O–H groups in total. The van der Waals surface area contributed by atoms with E-state index < -0.39 is 0 Å². The fraction of sp³-hybridized carbons (Fsp3) is 0.273. The van der Waals surface area contributed by atoms with Gasteiger partial charge in [-0.2, -0.15) is 4.98 Å². The van der Waals surface area contributed by atoms with Gasteiger partial charge in [0.25, 0.3) is 5.89 Å². The van der Waals surface area contributed by atoms with Crippen LogP contribution in [0.15, 0.2) is 28.8 Å². The Hall–Kier alpha value is -1.88. The normalized spacial score (nSPS) is 12.6. The molecule has 5 nitrogen and oxygen atoms in total. The van der Waals surface area contributed by atoms with Crippen LogP contribution in [0.25, 0.3) is 11.4 Å². The van der Waals surface area contributed by atoms with Gasteiger partial charge < -0.3 is 15.0 Å². The molecule has 16 heavy (non-hydrogen) atoms. The first kappa shape index (κ1) is 10.6. The predicted molar refractivity (Wildman–Crippen MR) is 59.6 cm³/mol. The lowest BCUT2D eigenvalue weighted by Gasteiger charge is -2.00. The summed E-state index contributed by atoms with van der Waals surface area (Å²) in [5, 5.41) is 3.88. The van der Waals surface area contributed by atoms with Gasteiger partial charge in [-0.3, -0.25) is 0 Å². The second kappa shape index (κ2) is 4.32. The largest absolute Gasteiger partial charge is 0.399 e. The van der Waals surface area contributed by atoms with Crippen LogP contribution in [0.1, 0.15) is 18.9 Å². The average Bonchev–Trinajstić information content (AvgIpc) is 2.78. The number of hydrogen-bond acceptors (Lipinski definition) is 5. The van der Waals surface area contributed by atoms with E-state index in [0.717, 1.165) is 5.56 Å². The van der Waals surface area contributed by atoms with E-state index in [2.05, 4.69) is 10.1 Å². The third kappa shape index (κ3) is 2.04. The van der Waals surface area contributed by atoms with Crippen molar-refractivity contribution in [2.24, 2.45) is 0 Å². The number of ether oxygens (including phenoxy) is 1. The van der Waals surface area contributed by atoms with Gasteiger partial charge in [0.1, 0.15) is 6.10 Å². The molecule has 1 atom stereocenters. The molecule has 0 bridgehead atoms. The van der Waals surface area contributed by atoms with Gasteiger partial charge in [0.05, 0.1) is 0 Å². The Kier molecular flexibility index (Phi) is 2.87. The molecule has 0 saturated carbocycles. The van der Waals surface area contributed by atoms with Gasteiger partial charge in [-0.1, -0.05) is 5.16 Å². The summed E-state index contributed by atoms with van der Waals surface area (Å²) in [6, 6.07) is 7.29. The van der Waals surface area contributed by atoms with Gasteiger partial charge in [-0.05, 0) is 31.2 Å². The van der Waals surface area contributed by atoms with Crippen molar-refractivity contribution in [1.29, 1.82) is 0 Å². The number of aromatic nitrogens is 2. The fourth-order valence-electron chi connectivity index (χ4n) is 1.25. The van der Waals surface area contributed by atoms with E-state index in [1.165, 1.54) is 0 Å². The highest BCUT2D eigenvalue weighted by Gasteiger charge is 2.14. The van der Waals surface area contributed by atoms with Crippen LogP contribution in [0.2, 0.25) is 0 Å². The van der Waals surface area contributed by atoms with E-state index in [0.29, 0.717) is 17.4 Å². The van der Waals surface area contributed by atoms with Gasteiger partial charge >= 0.3 is 0 Å². The molecule has 1 aromatic heterocycles. The zero-order valence-electron chi connectivity index (χ0n) is 9.18. The van der Waals surface area contributed by atoms with Crippen molar-refractivity contribution in [2.45, 2.75) is 13.0 Å². The fourth-order valence-corrected chi connectivity index (χ4v) is 1.25. The second-order valence-corrected chi connectivity index (χ2v) is 3.46. The van der Waals surface area contributed by atoms with Crippen LogP contribution in [0.5, 0.6) is 0 Å². The molecule has 0 aliphatic heterocycles. The van der Waals surface area contributed by atoms with Crippen LogP contribution in [0.4, 0.5) is 5.69 Å². The summed E-state index contributed by atoms with van der Waals surface area (Å²) in [6.07, 6.45) is -0.199. The monoisotopic (exact) mass is 219 g/mol. The quantitative estimate of drug-likeness (QED) is 0.799. The lowest BCUT2D eigenvalue weighted by molar-refractivity contribution is 0.0886. The van der Waals surface area contributed by atoms with E-state index in [1.807, 2.05) is 19.1 Å². The summed E-state index contributed by atoms with van der Waals surface area (Å²) >= 11 is 0. The van der Waals surface area contributed by atoms with Crippen molar-refractivity contribution < 1.29 is 9.26 Å². The second-order valence-electron chi connectivity index (χ2n) is 3.46. The van der Waals surface area contributed by atoms with Crippen molar-refractivity contribution in [3.05, 3.63) is 30.2 Å². The number of anilines is 1. The Balaban J connectivity index is 2.28. The minimum Gasteiger partial charge on any atom is -0.399 e. The van der Waals surface area contributed by atoms with Gasteiger partial charge in [-0.25, -0.2) is 0 Å². The maximum Gasteiger partial charge on any atom is 0.255 e. The molecule has 2 aromatic rings. The number of methoxy groups -OCH3 is 1. The maximum absolute atomic E-state index is 5.60. The third-order valence-corrected chi connectivity index (χ3v) is 2.31. The smallest absolute Gasteiger partial charge is 0.255 e. The van der Waals surface area contributed by atoms with E-state index in [-0.39, 0.29) is 6.10 Å². The van der Waals surface area contributed by atoms with Crippen molar-refractivity contribution in [1.82, 2.24) is 10.1 Å². The molecule has 0 fully saturated rings. The zero-order chi connectivity index (χ0) is 11.5. The number of nitrogens with zero attached hydrogens (tertiary/aromatic N) is 2. The van der Waals surface area contributed by atoms with Crippen LogP contribution in [0.3, 0.4) is 0 Å². The minimum absolute atomic E-state index is 0.199. The van der Waals surface area contributed by atoms with E-state index in [4.69, 9.17) is 15.0 Å². The van der Waals surface area contributed by atoms with E-state index >= 15 is 0 Å². The average molecular weight is 219 g/mol. The van der Waals surface area contributed by atoms with Gasteiger partial charge in [0, 0.05) is 18.4 Å². The van der Waals surface area contributed by atoms with Gasteiger partial charge in [0.15, 0.2) is 0 Å². The van der Waals surface area contributed by atoms with E-state index in [9.17, 15) is 0 Å². The molecule has 5 heteroatoms. The van der Waals surface area contributed by atoms with Gasteiger partial charge in [-0.15, -0.1) is 0 Å². The van der Waals surface area contributed by atoms with Crippen molar-refractivity contribution >= 4 is 5.69 Å². The standard InChI is InChI=1S/C11H13N3O2/c1-7(15-2)11-13-10(14-16-11)8-3-5-9(12)6-4-8/h3-7H,12H2,1-2H3. The van der Waals surface area contributed by atoms with Crippen molar-refractivity contribution in [3.63, 3.8) is 0 Å². The topological polar surface area (TPSA) is 74.2 Å². The molecule has 1 aromatic carbocycles. The maximum atomic E-state index is 5.60. The summed E-state index contributed by atoms with van der Waals surface area (Å²) in [7, 11) is 1.59. The highest BCUT2D eigenvalue weighted by molar-refractivity contribution is 5.57. The Morgan fingerprint density at radius 2 is 2.00 bits per heavy atom. The highest BCUT2D eigenvalue weighted by Crippen LogP contribution is 2.20. The molecule has 2 rings (SSSR count). The number of rotatable bonds is 3. The Bertz CT molecular complexity index is 464. The van der Waals surface area contributed by atoms with Crippen molar-refractivity contribution in [3.8, 4) is 11.4 Å². The van der Waals surface area contributed by atoms with Gasteiger partial charge in [0.2, 0.25) is 5.82 Å². The lowest BCUT2D eigenvalue weighted by atomic mass is 10.2. The summed E-state index contributed by atoms with van der Waals surface area (Å²) in [5.74, 6) is 1.01. The first-order valence-corrected chi connectivity index (χ1v) is 4.93. The SMILES string of the molecule is COC(C)c1nc(-c2ccc(N)cc2)no1. The van der Waals surface area contributed by atoms with Crippen LogP contribution < -0.4 is 5.73 Å². The predicted octanol–water partition coefficient (Wildman–Crippen LogP) is 2.03. The zero-order valence-corrected chi connectivity index (χ0v) is 9.18. The lowest BCUT2D eigenvalue weighted by Crippen LogP contribution is -1.95. The Morgan fingerprint density at radius 1 is 1.31 bits per heavy atom. The van der Waals surface area contributed by atoms with Crippen molar-refractivity contribution in [2.75, 3.05) is 12.8 Å².